The minimum Gasteiger partial charge on any atom is -0.477 e. The van der Waals surface area contributed by atoms with E-state index in [1.165, 1.54) is 128 Å². The second kappa shape index (κ2) is 41.3. The van der Waals surface area contributed by atoms with Gasteiger partial charge < -0.3 is 23.8 Å². The molecule has 0 rings (SSSR count). The number of unbranched alkanes of at least 4 members (excludes halogenated alkanes) is 23. The molecule has 0 spiro atoms. The number of carbonyl (C=O) groups excluding carboxylic acids is 2. The second-order valence-electron chi connectivity index (χ2n) is 17.3. The largest absolute Gasteiger partial charge is 0.477 e. The van der Waals surface area contributed by atoms with E-state index in [0.29, 0.717) is 19.3 Å². The average Bonchev–Trinajstić information content (AvgIpc) is 3.18. The van der Waals surface area contributed by atoms with Crippen molar-refractivity contribution in [3.8, 4) is 0 Å². The maximum absolute atomic E-state index is 12.7. The van der Waals surface area contributed by atoms with Crippen LogP contribution in [-0.4, -0.2) is 80.6 Å². The Morgan fingerprint density at radius 2 is 0.966 bits per heavy atom. The van der Waals surface area contributed by atoms with Crippen molar-refractivity contribution in [2.45, 2.75) is 225 Å². The van der Waals surface area contributed by atoms with E-state index < -0.39 is 18.1 Å². The Labute approximate surface area is 357 Å². The number of allylic oxidation sites excluding steroid dienone is 6. The van der Waals surface area contributed by atoms with Crippen molar-refractivity contribution in [3.63, 3.8) is 0 Å². The predicted octanol–water partition coefficient (Wildman–Crippen LogP) is 13.4. The number of carboxylic acid groups (broad SMARTS) is 1. The first-order chi connectivity index (χ1) is 28.1. The van der Waals surface area contributed by atoms with Gasteiger partial charge in [-0.25, -0.2) is 4.79 Å². The van der Waals surface area contributed by atoms with E-state index in [9.17, 15) is 19.5 Å². The molecule has 0 heterocycles. The lowest BCUT2D eigenvalue weighted by Crippen LogP contribution is -2.50. The quantitative estimate of drug-likeness (QED) is 0.0283. The SMILES string of the molecule is CC/C=C/C/C=C/C/C=C/CCCC(=O)OCC(COCCC(C(=O)O)[N+](C)(C)C)OC(=O)CCCCCCCCCCCCCCCCCCCCCCCCC. The number of ether oxygens (including phenoxy) is 3. The van der Waals surface area contributed by atoms with Gasteiger partial charge in [0.05, 0.1) is 34.4 Å². The highest BCUT2D eigenvalue weighted by Crippen LogP contribution is 2.16. The lowest BCUT2D eigenvalue weighted by atomic mass is 10.0. The van der Waals surface area contributed by atoms with Gasteiger partial charge in [0.1, 0.15) is 6.61 Å². The smallest absolute Gasteiger partial charge is 0.362 e. The third kappa shape index (κ3) is 39.0. The monoisotopic (exact) mass is 819 g/mol. The van der Waals surface area contributed by atoms with Gasteiger partial charge in [-0.1, -0.05) is 192 Å². The van der Waals surface area contributed by atoms with Crippen LogP contribution in [0.2, 0.25) is 0 Å². The molecule has 0 bridgehead atoms. The van der Waals surface area contributed by atoms with Crippen LogP contribution < -0.4 is 0 Å². The number of hydrogen-bond acceptors (Lipinski definition) is 6. The van der Waals surface area contributed by atoms with E-state index >= 15 is 0 Å². The minimum atomic E-state index is -0.880. The number of carbonyl (C=O) groups is 3. The highest BCUT2D eigenvalue weighted by atomic mass is 16.6. The fraction of sp³-hybridized carbons (Fsp3) is 0.820. The van der Waals surface area contributed by atoms with Crippen LogP contribution in [0.25, 0.3) is 0 Å². The van der Waals surface area contributed by atoms with Crippen LogP contribution >= 0.6 is 0 Å². The molecule has 8 nitrogen and oxygen atoms in total. The first kappa shape index (κ1) is 55.5. The summed E-state index contributed by atoms with van der Waals surface area (Å²) in [6.07, 6.45) is 47.9. The van der Waals surface area contributed by atoms with Gasteiger partial charge >= 0.3 is 17.9 Å². The number of carboxylic acids is 1. The topological polar surface area (TPSA) is 99.1 Å². The Morgan fingerprint density at radius 1 is 0.534 bits per heavy atom. The van der Waals surface area contributed by atoms with Crippen molar-refractivity contribution < 1.29 is 38.2 Å². The van der Waals surface area contributed by atoms with Crippen LogP contribution in [0.1, 0.15) is 213 Å². The molecule has 0 aromatic heterocycles. The van der Waals surface area contributed by atoms with Gasteiger partial charge in [-0.05, 0) is 38.5 Å². The predicted molar refractivity (Wildman–Crippen MR) is 243 cm³/mol. The van der Waals surface area contributed by atoms with Gasteiger partial charge in [-0.3, -0.25) is 9.59 Å². The summed E-state index contributed by atoms with van der Waals surface area (Å²) in [6, 6.07) is -0.620. The summed E-state index contributed by atoms with van der Waals surface area (Å²) in [5.41, 5.74) is 0. The Morgan fingerprint density at radius 3 is 1.41 bits per heavy atom. The molecule has 0 saturated carbocycles. The zero-order valence-electron chi connectivity index (χ0n) is 38.5. The maximum Gasteiger partial charge on any atom is 0.362 e. The van der Waals surface area contributed by atoms with Gasteiger partial charge in [0.25, 0.3) is 0 Å². The molecule has 0 aromatic carbocycles. The van der Waals surface area contributed by atoms with Gasteiger partial charge in [0, 0.05) is 19.3 Å². The number of likely N-dealkylation sites (N-methyl/N-ethyl adjacent to an activating group) is 1. The molecule has 338 valence electrons. The Bertz CT molecular complexity index is 1050. The highest BCUT2D eigenvalue weighted by Gasteiger charge is 2.31. The summed E-state index contributed by atoms with van der Waals surface area (Å²) in [5.74, 6) is -1.53. The van der Waals surface area contributed by atoms with E-state index in [1.807, 2.05) is 21.1 Å². The van der Waals surface area contributed by atoms with E-state index in [2.05, 4.69) is 50.3 Å². The Hall–Kier alpha value is -2.45. The van der Waals surface area contributed by atoms with Crippen LogP contribution in [0.5, 0.6) is 0 Å². The summed E-state index contributed by atoms with van der Waals surface area (Å²) in [4.78, 5) is 37.0. The molecule has 0 saturated heterocycles. The van der Waals surface area contributed by atoms with Crippen LogP contribution in [0.4, 0.5) is 0 Å². The third-order valence-corrected chi connectivity index (χ3v) is 10.8. The van der Waals surface area contributed by atoms with Crippen molar-refractivity contribution in [2.24, 2.45) is 0 Å². The molecule has 1 N–H and O–H groups in total. The summed E-state index contributed by atoms with van der Waals surface area (Å²) in [5, 5.41) is 9.62. The molecule has 0 radical (unpaired) electrons. The fourth-order valence-electron chi connectivity index (χ4n) is 7.12. The van der Waals surface area contributed by atoms with Gasteiger partial charge in [-0.2, -0.15) is 0 Å². The Balaban J connectivity index is 4.19. The number of aliphatic carboxylic acids is 1. The van der Waals surface area contributed by atoms with Crippen LogP contribution in [-0.2, 0) is 28.6 Å². The van der Waals surface area contributed by atoms with E-state index in [4.69, 9.17) is 14.2 Å². The van der Waals surface area contributed by atoms with Crippen molar-refractivity contribution in [3.05, 3.63) is 36.5 Å². The fourth-order valence-corrected chi connectivity index (χ4v) is 7.12. The van der Waals surface area contributed by atoms with Crippen LogP contribution in [0.15, 0.2) is 36.5 Å². The maximum atomic E-state index is 12.7. The summed E-state index contributed by atoms with van der Waals surface area (Å²) in [7, 11) is 5.52. The molecule has 8 heteroatoms. The summed E-state index contributed by atoms with van der Waals surface area (Å²) < 4.78 is 17.2. The minimum absolute atomic E-state index is 0.0480. The number of quaternary nitrogens is 1. The molecular formula is C50H92NO7+. The lowest BCUT2D eigenvalue weighted by Gasteiger charge is -2.31. The lowest BCUT2D eigenvalue weighted by molar-refractivity contribution is -0.887. The van der Waals surface area contributed by atoms with Crippen molar-refractivity contribution >= 4 is 17.9 Å². The molecule has 0 fully saturated rings. The van der Waals surface area contributed by atoms with Crippen molar-refractivity contribution in [2.75, 3.05) is 41.0 Å². The molecule has 0 aliphatic heterocycles. The number of nitrogens with zero attached hydrogens (tertiary/aromatic N) is 1. The molecule has 2 atom stereocenters. The Kier molecular flexibility index (Phi) is 39.5. The molecular weight excluding hydrogens is 727 g/mol. The summed E-state index contributed by atoms with van der Waals surface area (Å²) >= 11 is 0. The normalized spacial score (nSPS) is 13.2. The zero-order valence-corrected chi connectivity index (χ0v) is 38.5. The van der Waals surface area contributed by atoms with E-state index in [0.717, 1.165) is 44.9 Å². The molecule has 0 amide bonds. The van der Waals surface area contributed by atoms with Gasteiger partial charge in [-0.15, -0.1) is 0 Å². The van der Waals surface area contributed by atoms with Crippen molar-refractivity contribution in [1.82, 2.24) is 0 Å². The van der Waals surface area contributed by atoms with Crippen LogP contribution in [0.3, 0.4) is 0 Å². The summed E-state index contributed by atoms with van der Waals surface area (Å²) in [6.45, 7) is 4.58. The number of hydrogen-bond donors (Lipinski definition) is 1. The third-order valence-electron chi connectivity index (χ3n) is 10.8. The van der Waals surface area contributed by atoms with Gasteiger partial charge in [0.15, 0.2) is 12.1 Å². The first-order valence-electron chi connectivity index (χ1n) is 24.0. The zero-order chi connectivity index (χ0) is 42.8. The molecule has 0 aliphatic rings. The van der Waals surface area contributed by atoms with E-state index in [-0.39, 0.29) is 42.7 Å². The van der Waals surface area contributed by atoms with Crippen LogP contribution in [0, 0.1) is 0 Å². The van der Waals surface area contributed by atoms with E-state index in [1.54, 1.807) is 0 Å². The van der Waals surface area contributed by atoms with Crippen molar-refractivity contribution in [1.29, 1.82) is 0 Å². The standard InChI is InChI=1S/C50H91NO7/c1-6-8-10-12-14-16-18-19-20-21-22-23-24-25-26-27-28-29-31-33-35-37-39-41-49(53)58-46(44-56-43-42-47(50(54)55)51(3,4)5)45-57-48(52)40-38-36-34-32-30-17-15-13-11-9-7-2/h9,11,15,17,32,34,46-47H,6-8,10,12-14,16,18-31,33,35-45H2,1-5H3/p+1/b11-9+,17-15+,34-32+. The number of rotatable bonds is 43. The number of esters is 2. The highest BCUT2D eigenvalue weighted by molar-refractivity contribution is 5.72. The molecule has 0 aromatic rings. The molecule has 0 aliphatic carbocycles. The first-order valence-corrected chi connectivity index (χ1v) is 24.0. The van der Waals surface area contributed by atoms with Gasteiger partial charge in [0.2, 0.25) is 0 Å². The molecule has 58 heavy (non-hydrogen) atoms. The second-order valence-corrected chi connectivity index (χ2v) is 17.3. The molecule has 2 unspecified atom stereocenters. The average molecular weight is 819 g/mol.